The maximum Gasteiger partial charge on any atom is 0.508 e. The van der Waals surface area contributed by atoms with Gasteiger partial charge in [-0.05, 0) is 0 Å². The second-order valence-electron chi connectivity index (χ2n) is 3.62. The third kappa shape index (κ3) is 14.4. The van der Waals surface area contributed by atoms with Crippen LogP contribution in [0.15, 0.2) is 25.3 Å². The van der Waals surface area contributed by atoms with Crippen LogP contribution in [0.3, 0.4) is 0 Å². The van der Waals surface area contributed by atoms with Crippen molar-refractivity contribution in [1.29, 1.82) is 0 Å². The van der Waals surface area contributed by atoms with E-state index in [1.54, 1.807) is 12.2 Å². The van der Waals surface area contributed by atoms with Crippen LogP contribution < -0.4 is 0 Å². The van der Waals surface area contributed by atoms with Gasteiger partial charge in [-0.2, -0.15) is 0 Å². The largest absolute Gasteiger partial charge is 0.508 e. The van der Waals surface area contributed by atoms with E-state index in [9.17, 15) is 9.59 Å². The van der Waals surface area contributed by atoms with E-state index >= 15 is 0 Å². The third-order valence-electron chi connectivity index (χ3n) is 1.89. The van der Waals surface area contributed by atoms with E-state index in [4.69, 9.17) is 9.47 Å². The maximum absolute atomic E-state index is 11.1. The Morgan fingerprint density at radius 3 is 1.27 bits per heavy atom. The lowest BCUT2D eigenvalue weighted by Gasteiger charge is -2.08. The minimum atomic E-state index is -0.864. The van der Waals surface area contributed by atoms with Crippen LogP contribution in [0.1, 0.15) is 0 Å². The van der Waals surface area contributed by atoms with E-state index in [-0.39, 0.29) is 39.6 Å². The molecule has 0 saturated heterocycles. The molecular weight excluding hydrogens is 296 g/mol. The van der Waals surface area contributed by atoms with Gasteiger partial charge in [-0.3, -0.25) is 0 Å². The average molecular weight is 318 g/mol. The standard InChI is InChI=1S/C14H22O8/c1-3-5-17-7-9-19-13(15)21-11-12-22-14(16)20-10-8-18-6-4-2/h3-4H,1-2,5-12H2. The van der Waals surface area contributed by atoms with E-state index in [2.05, 4.69) is 32.1 Å². The van der Waals surface area contributed by atoms with Crippen LogP contribution in [0.25, 0.3) is 0 Å². The lowest BCUT2D eigenvalue weighted by molar-refractivity contribution is 0.00368. The molecule has 0 saturated carbocycles. The molecule has 0 radical (unpaired) electrons. The van der Waals surface area contributed by atoms with Gasteiger partial charge in [0.1, 0.15) is 26.4 Å². The summed E-state index contributed by atoms with van der Waals surface area (Å²) in [5.41, 5.74) is 0. The van der Waals surface area contributed by atoms with Gasteiger partial charge in [0.15, 0.2) is 0 Å². The number of rotatable bonds is 13. The highest BCUT2D eigenvalue weighted by Gasteiger charge is 2.06. The van der Waals surface area contributed by atoms with Crippen molar-refractivity contribution in [1.82, 2.24) is 0 Å². The monoisotopic (exact) mass is 318 g/mol. The maximum atomic E-state index is 11.1. The minimum Gasteiger partial charge on any atom is -0.432 e. The van der Waals surface area contributed by atoms with E-state index in [1.165, 1.54) is 0 Å². The molecule has 0 N–H and O–H groups in total. The number of ether oxygens (including phenoxy) is 6. The fraction of sp³-hybridized carbons (Fsp3) is 0.571. The minimum absolute atomic E-state index is 0.0697. The topological polar surface area (TPSA) is 89.5 Å². The molecule has 0 fully saturated rings. The van der Waals surface area contributed by atoms with Crippen LogP contribution >= 0.6 is 0 Å². The number of carbonyl (C=O) groups is 2. The van der Waals surface area contributed by atoms with Crippen LogP contribution in [-0.2, 0) is 28.4 Å². The lowest BCUT2D eigenvalue weighted by atomic mass is 10.7. The normalized spacial score (nSPS) is 9.64. The molecule has 0 aromatic heterocycles. The van der Waals surface area contributed by atoms with Crippen molar-refractivity contribution in [2.75, 3.05) is 52.9 Å². The molecule has 0 rings (SSSR count). The zero-order chi connectivity index (χ0) is 16.5. The van der Waals surface area contributed by atoms with Crippen molar-refractivity contribution in [2.24, 2.45) is 0 Å². The summed E-state index contributed by atoms with van der Waals surface area (Å²) in [6.07, 6.45) is 1.44. The fourth-order valence-electron chi connectivity index (χ4n) is 1.03. The molecule has 8 nitrogen and oxygen atoms in total. The first-order valence-electron chi connectivity index (χ1n) is 6.67. The predicted octanol–water partition coefficient (Wildman–Crippen LogP) is 1.70. The highest BCUT2D eigenvalue weighted by Crippen LogP contribution is 1.90. The summed E-state index contributed by atoms with van der Waals surface area (Å²) < 4.78 is 28.7. The molecule has 22 heavy (non-hydrogen) atoms. The van der Waals surface area contributed by atoms with E-state index < -0.39 is 12.3 Å². The van der Waals surface area contributed by atoms with Crippen molar-refractivity contribution in [3.05, 3.63) is 25.3 Å². The zero-order valence-corrected chi connectivity index (χ0v) is 12.5. The highest BCUT2D eigenvalue weighted by atomic mass is 16.7. The Hall–Kier alpha value is -2.06. The molecule has 0 aliphatic heterocycles. The summed E-state index contributed by atoms with van der Waals surface area (Å²) in [4.78, 5) is 22.2. The van der Waals surface area contributed by atoms with Gasteiger partial charge in [0.2, 0.25) is 0 Å². The van der Waals surface area contributed by atoms with Crippen molar-refractivity contribution in [3.63, 3.8) is 0 Å². The summed E-state index contributed by atoms with van der Waals surface area (Å²) in [5, 5.41) is 0. The van der Waals surface area contributed by atoms with Crippen LogP contribution in [0.2, 0.25) is 0 Å². The molecule has 0 aliphatic rings. The molecule has 126 valence electrons. The lowest BCUT2D eigenvalue weighted by Crippen LogP contribution is -2.18. The molecule has 0 atom stereocenters. The van der Waals surface area contributed by atoms with Gasteiger partial charge < -0.3 is 28.4 Å². The summed E-state index contributed by atoms with van der Waals surface area (Å²) in [7, 11) is 0. The van der Waals surface area contributed by atoms with Gasteiger partial charge in [0, 0.05) is 0 Å². The Bertz CT molecular complexity index is 297. The van der Waals surface area contributed by atoms with Crippen LogP contribution in [-0.4, -0.2) is 65.2 Å². The van der Waals surface area contributed by atoms with Crippen molar-refractivity contribution in [3.8, 4) is 0 Å². The Morgan fingerprint density at radius 1 is 0.636 bits per heavy atom. The number of hydrogen-bond donors (Lipinski definition) is 0. The molecule has 0 bridgehead atoms. The van der Waals surface area contributed by atoms with Gasteiger partial charge in [0.25, 0.3) is 0 Å². The van der Waals surface area contributed by atoms with Crippen LogP contribution in [0.4, 0.5) is 9.59 Å². The van der Waals surface area contributed by atoms with Gasteiger partial charge >= 0.3 is 12.3 Å². The smallest absolute Gasteiger partial charge is 0.432 e. The Labute approximate surface area is 129 Å². The Morgan fingerprint density at radius 2 is 0.955 bits per heavy atom. The van der Waals surface area contributed by atoms with Crippen molar-refractivity contribution >= 4 is 12.3 Å². The Kier molecular flexibility index (Phi) is 13.9. The summed E-state index contributed by atoms with van der Waals surface area (Å²) >= 11 is 0. The first-order chi connectivity index (χ1) is 10.7. The summed E-state index contributed by atoms with van der Waals surface area (Å²) in [6, 6.07) is 0. The molecule has 0 aliphatic carbocycles. The molecule has 0 unspecified atom stereocenters. The first-order valence-corrected chi connectivity index (χ1v) is 6.67. The molecule has 0 aromatic rings. The Balaban J connectivity index is 3.35. The number of hydrogen-bond acceptors (Lipinski definition) is 8. The SMILES string of the molecule is C=CCOCCOC(=O)OCCOC(=O)OCCOCC=C. The quantitative estimate of drug-likeness (QED) is 0.288. The van der Waals surface area contributed by atoms with E-state index in [1.807, 2.05) is 0 Å². The summed E-state index contributed by atoms with van der Waals surface area (Å²) in [5.74, 6) is 0. The van der Waals surface area contributed by atoms with Gasteiger partial charge in [-0.25, -0.2) is 9.59 Å². The molecule has 0 amide bonds. The van der Waals surface area contributed by atoms with Crippen molar-refractivity contribution in [2.45, 2.75) is 0 Å². The van der Waals surface area contributed by atoms with Gasteiger partial charge in [-0.15, -0.1) is 13.2 Å². The molecule has 0 heterocycles. The molecular formula is C14H22O8. The second-order valence-corrected chi connectivity index (χ2v) is 3.62. The van der Waals surface area contributed by atoms with E-state index in [0.29, 0.717) is 13.2 Å². The van der Waals surface area contributed by atoms with Crippen LogP contribution in [0, 0.1) is 0 Å². The molecule has 0 aromatic carbocycles. The van der Waals surface area contributed by atoms with Crippen molar-refractivity contribution < 1.29 is 38.0 Å². The average Bonchev–Trinajstić information content (AvgIpc) is 2.51. The zero-order valence-electron chi connectivity index (χ0n) is 12.5. The molecule has 0 spiro atoms. The first kappa shape index (κ1) is 19.9. The second kappa shape index (κ2) is 15.3. The summed E-state index contributed by atoms with van der Waals surface area (Å²) in [6.45, 7) is 8.08. The third-order valence-corrected chi connectivity index (χ3v) is 1.89. The van der Waals surface area contributed by atoms with Gasteiger partial charge in [-0.1, -0.05) is 12.2 Å². The highest BCUT2D eigenvalue weighted by molar-refractivity contribution is 5.60. The van der Waals surface area contributed by atoms with Crippen LogP contribution in [0.5, 0.6) is 0 Å². The number of carbonyl (C=O) groups excluding carboxylic acids is 2. The molecule has 8 heteroatoms. The fourth-order valence-corrected chi connectivity index (χ4v) is 1.03. The van der Waals surface area contributed by atoms with Gasteiger partial charge in [0.05, 0.1) is 26.4 Å². The van der Waals surface area contributed by atoms with E-state index in [0.717, 1.165) is 0 Å². The predicted molar refractivity (Wildman–Crippen MR) is 76.6 cm³/mol.